The van der Waals surface area contributed by atoms with E-state index in [0.717, 1.165) is 28.3 Å². The van der Waals surface area contributed by atoms with Gasteiger partial charge in [-0.3, -0.25) is 9.89 Å². The fourth-order valence-corrected chi connectivity index (χ4v) is 2.19. The minimum atomic E-state index is -0.435. The number of primary amides is 1. The molecule has 1 aromatic heterocycles. The van der Waals surface area contributed by atoms with Crippen LogP contribution >= 0.6 is 0 Å². The first-order chi connectivity index (χ1) is 10.7. The maximum atomic E-state index is 11.1. The van der Waals surface area contributed by atoms with Crippen LogP contribution in [0.2, 0.25) is 0 Å². The van der Waals surface area contributed by atoms with Crippen molar-refractivity contribution in [2.45, 2.75) is 0 Å². The second-order valence-corrected chi connectivity index (χ2v) is 4.84. The number of nitrogens with one attached hydrogen (secondary N) is 1. The van der Waals surface area contributed by atoms with E-state index in [-0.39, 0.29) is 0 Å². The Labute approximate surface area is 127 Å². The summed E-state index contributed by atoms with van der Waals surface area (Å²) in [7, 11) is 1.64. The van der Waals surface area contributed by atoms with Gasteiger partial charge in [0.2, 0.25) is 5.91 Å². The number of benzene rings is 2. The fourth-order valence-electron chi connectivity index (χ4n) is 2.19. The van der Waals surface area contributed by atoms with Gasteiger partial charge in [-0.15, -0.1) is 0 Å². The summed E-state index contributed by atoms with van der Waals surface area (Å²) < 4.78 is 5.14. The first-order valence-corrected chi connectivity index (χ1v) is 6.77. The van der Waals surface area contributed by atoms with E-state index < -0.39 is 5.91 Å². The molecule has 0 fully saturated rings. The zero-order valence-corrected chi connectivity index (χ0v) is 12.0. The maximum Gasteiger partial charge on any atom is 0.248 e. The van der Waals surface area contributed by atoms with Gasteiger partial charge in [-0.2, -0.15) is 5.10 Å². The lowest BCUT2D eigenvalue weighted by molar-refractivity contribution is 0.100. The normalized spacial score (nSPS) is 10.4. The lowest BCUT2D eigenvalue weighted by Gasteiger charge is -2.00. The smallest absolute Gasteiger partial charge is 0.248 e. The predicted octanol–water partition coefficient (Wildman–Crippen LogP) is 2.85. The number of aromatic nitrogens is 2. The molecule has 3 aromatic rings. The number of nitrogens with zero attached hydrogens (tertiary/aromatic N) is 1. The van der Waals surface area contributed by atoms with E-state index in [4.69, 9.17) is 10.5 Å². The highest BCUT2D eigenvalue weighted by Crippen LogP contribution is 2.25. The van der Waals surface area contributed by atoms with Crippen molar-refractivity contribution in [1.82, 2.24) is 10.2 Å². The third kappa shape index (κ3) is 2.69. The van der Waals surface area contributed by atoms with Gasteiger partial charge in [-0.1, -0.05) is 12.1 Å². The summed E-state index contributed by atoms with van der Waals surface area (Å²) in [4.78, 5) is 11.1. The number of carbonyl (C=O) groups excluding carboxylic acids is 1. The van der Waals surface area contributed by atoms with Gasteiger partial charge in [0.1, 0.15) is 5.75 Å². The molecule has 0 spiro atoms. The van der Waals surface area contributed by atoms with Gasteiger partial charge in [0.15, 0.2) is 0 Å². The highest BCUT2D eigenvalue weighted by atomic mass is 16.5. The first kappa shape index (κ1) is 13.9. The minimum Gasteiger partial charge on any atom is -0.497 e. The van der Waals surface area contributed by atoms with Crippen molar-refractivity contribution in [2.75, 3.05) is 7.11 Å². The van der Waals surface area contributed by atoms with E-state index in [1.54, 1.807) is 19.2 Å². The standard InChI is InChI=1S/C17H15N3O2/c1-22-14-8-6-12(7-9-14)16-10-15(19-20-16)11-2-4-13(5-3-11)17(18)21/h2-10H,1H3,(H2,18,21)(H,19,20). The van der Waals surface area contributed by atoms with Crippen LogP contribution in [0.5, 0.6) is 5.75 Å². The number of methoxy groups -OCH3 is 1. The largest absolute Gasteiger partial charge is 0.497 e. The molecule has 5 nitrogen and oxygen atoms in total. The topological polar surface area (TPSA) is 81.0 Å². The number of ether oxygens (including phenoxy) is 1. The van der Waals surface area contributed by atoms with Crippen molar-refractivity contribution in [3.8, 4) is 28.3 Å². The number of carbonyl (C=O) groups is 1. The highest BCUT2D eigenvalue weighted by molar-refractivity contribution is 5.93. The quantitative estimate of drug-likeness (QED) is 0.776. The van der Waals surface area contributed by atoms with E-state index in [9.17, 15) is 4.79 Å². The first-order valence-electron chi connectivity index (χ1n) is 6.77. The third-order valence-corrected chi connectivity index (χ3v) is 3.44. The molecular weight excluding hydrogens is 278 g/mol. The molecule has 0 aliphatic heterocycles. The van der Waals surface area contributed by atoms with Crippen LogP contribution in [-0.4, -0.2) is 23.2 Å². The van der Waals surface area contributed by atoms with Gasteiger partial charge in [0.25, 0.3) is 0 Å². The molecular formula is C17H15N3O2. The van der Waals surface area contributed by atoms with Crippen LogP contribution in [0.3, 0.4) is 0 Å². The molecule has 0 bridgehead atoms. The maximum absolute atomic E-state index is 11.1. The Morgan fingerprint density at radius 2 is 1.68 bits per heavy atom. The number of rotatable bonds is 4. The summed E-state index contributed by atoms with van der Waals surface area (Å²) in [6.45, 7) is 0. The molecule has 3 N–H and O–H groups in total. The van der Waals surface area contributed by atoms with Crippen molar-refractivity contribution in [2.24, 2.45) is 5.73 Å². The SMILES string of the molecule is COc1ccc(-c2cc(-c3ccc(C(N)=O)cc3)[nH]n2)cc1. The molecule has 0 aliphatic rings. The number of aromatic amines is 1. The summed E-state index contributed by atoms with van der Waals surface area (Å²) in [6, 6.07) is 16.7. The Morgan fingerprint density at radius 3 is 2.27 bits per heavy atom. The van der Waals surface area contributed by atoms with Gasteiger partial charge in [-0.05, 0) is 48.0 Å². The van der Waals surface area contributed by atoms with Crippen molar-refractivity contribution < 1.29 is 9.53 Å². The van der Waals surface area contributed by atoms with E-state index in [1.165, 1.54) is 0 Å². The fraction of sp³-hybridized carbons (Fsp3) is 0.0588. The number of hydrogen-bond acceptors (Lipinski definition) is 3. The third-order valence-electron chi connectivity index (χ3n) is 3.44. The molecule has 1 amide bonds. The molecule has 2 aromatic carbocycles. The van der Waals surface area contributed by atoms with Crippen LogP contribution in [-0.2, 0) is 0 Å². The van der Waals surface area contributed by atoms with Crippen LogP contribution in [0.1, 0.15) is 10.4 Å². The summed E-state index contributed by atoms with van der Waals surface area (Å²) >= 11 is 0. The van der Waals surface area contributed by atoms with Gasteiger partial charge < -0.3 is 10.5 Å². The van der Waals surface area contributed by atoms with Crippen LogP contribution in [0.4, 0.5) is 0 Å². The Balaban J connectivity index is 1.87. The summed E-state index contributed by atoms with van der Waals surface area (Å²) in [5.74, 6) is 0.372. The average Bonchev–Trinajstić information content (AvgIpc) is 3.05. The number of amides is 1. The molecule has 0 unspecified atom stereocenters. The van der Waals surface area contributed by atoms with E-state index >= 15 is 0 Å². The van der Waals surface area contributed by atoms with Crippen LogP contribution in [0, 0.1) is 0 Å². The van der Waals surface area contributed by atoms with E-state index in [0.29, 0.717) is 5.56 Å². The zero-order chi connectivity index (χ0) is 15.5. The summed E-state index contributed by atoms with van der Waals surface area (Å²) in [6.07, 6.45) is 0. The van der Waals surface area contributed by atoms with E-state index in [1.807, 2.05) is 42.5 Å². The molecule has 0 aliphatic carbocycles. The van der Waals surface area contributed by atoms with Gasteiger partial charge in [0.05, 0.1) is 18.5 Å². The molecule has 0 saturated heterocycles. The van der Waals surface area contributed by atoms with Crippen molar-refractivity contribution >= 4 is 5.91 Å². The minimum absolute atomic E-state index is 0.435. The molecule has 1 heterocycles. The summed E-state index contributed by atoms with van der Waals surface area (Å²) in [5.41, 5.74) is 9.38. The monoisotopic (exact) mass is 293 g/mol. The Hall–Kier alpha value is -3.08. The van der Waals surface area contributed by atoms with E-state index in [2.05, 4.69) is 10.2 Å². The van der Waals surface area contributed by atoms with Crippen molar-refractivity contribution in [3.63, 3.8) is 0 Å². The van der Waals surface area contributed by atoms with Crippen LogP contribution < -0.4 is 10.5 Å². The number of nitrogens with two attached hydrogens (primary N) is 1. The lowest BCUT2D eigenvalue weighted by Crippen LogP contribution is -2.10. The Morgan fingerprint density at radius 1 is 1.05 bits per heavy atom. The molecule has 5 heteroatoms. The predicted molar refractivity (Wildman–Crippen MR) is 84.5 cm³/mol. The lowest BCUT2D eigenvalue weighted by atomic mass is 10.1. The van der Waals surface area contributed by atoms with Gasteiger partial charge in [0, 0.05) is 11.1 Å². The van der Waals surface area contributed by atoms with Crippen molar-refractivity contribution in [1.29, 1.82) is 0 Å². The number of hydrogen-bond donors (Lipinski definition) is 2. The molecule has 0 atom stereocenters. The molecule has 22 heavy (non-hydrogen) atoms. The molecule has 0 radical (unpaired) electrons. The average molecular weight is 293 g/mol. The van der Waals surface area contributed by atoms with Gasteiger partial charge in [-0.25, -0.2) is 0 Å². The molecule has 3 rings (SSSR count). The van der Waals surface area contributed by atoms with Crippen molar-refractivity contribution in [3.05, 3.63) is 60.2 Å². The Kier molecular flexibility index (Phi) is 3.62. The second-order valence-electron chi connectivity index (χ2n) is 4.84. The molecule has 0 saturated carbocycles. The summed E-state index contributed by atoms with van der Waals surface area (Å²) in [5, 5.41) is 7.32. The highest BCUT2D eigenvalue weighted by Gasteiger charge is 2.07. The van der Waals surface area contributed by atoms with Crippen LogP contribution in [0.15, 0.2) is 54.6 Å². The second kappa shape index (κ2) is 5.73. The Bertz CT molecular complexity index is 790. The van der Waals surface area contributed by atoms with Crippen LogP contribution in [0.25, 0.3) is 22.5 Å². The zero-order valence-electron chi connectivity index (χ0n) is 12.0. The van der Waals surface area contributed by atoms with Gasteiger partial charge >= 0.3 is 0 Å². The number of H-pyrrole nitrogens is 1. The molecule has 110 valence electrons.